The number of benzene rings is 1. The first-order chi connectivity index (χ1) is 7.54. The first-order valence-electron chi connectivity index (χ1n) is 5.94. The first-order valence-corrected chi connectivity index (χ1v) is 5.94. The number of nitrogens with one attached hydrogen (secondary N) is 1. The van der Waals surface area contributed by atoms with E-state index in [1.165, 1.54) is 5.56 Å². The second-order valence-electron chi connectivity index (χ2n) is 4.65. The Labute approximate surface area is 99.0 Å². The molecular weight excluding hydrogens is 198 g/mol. The third-order valence-corrected chi connectivity index (χ3v) is 3.05. The maximum absolute atomic E-state index is 5.28. The minimum Gasteiger partial charge on any atom is -0.380 e. The Balaban J connectivity index is 2.61. The molecule has 0 bridgehead atoms. The van der Waals surface area contributed by atoms with Gasteiger partial charge >= 0.3 is 0 Å². The molecule has 2 unspecified atom stereocenters. The number of rotatable bonds is 5. The molecule has 2 nitrogen and oxygen atoms in total. The summed E-state index contributed by atoms with van der Waals surface area (Å²) in [5, 5.41) is 3.43. The van der Waals surface area contributed by atoms with Crippen molar-refractivity contribution in [3.05, 3.63) is 29.8 Å². The maximum Gasteiger partial charge on any atom is 0.0741 e. The summed E-state index contributed by atoms with van der Waals surface area (Å²) in [6.07, 6.45) is 0.213. The van der Waals surface area contributed by atoms with Gasteiger partial charge in [-0.05, 0) is 37.5 Å². The summed E-state index contributed by atoms with van der Waals surface area (Å²) in [5.41, 5.74) is 2.53. The fourth-order valence-corrected chi connectivity index (χ4v) is 1.55. The molecule has 0 aliphatic carbocycles. The second kappa shape index (κ2) is 5.90. The number of methoxy groups -OCH3 is 1. The van der Waals surface area contributed by atoms with E-state index in [4.69, 9.17) is 4.74 Å². The van der Waals surface area contributed by atoms with E-state index in [0.29, 0.717) is 12.0 Å². The topological polar surface area (TPSA) is 21.3 Å². The monoisotopic (exact) mass is 221 g/mol. The number of anilines is 1. The molecule has 1 rings (SSSR count). The number of hydrogen-bond donors (Lipinski definition) is 1. The zero-order chi connectivity index (χ0) is 12.1. The summed E-state index contributed by atoms with van der Waals surface area (Å²) in [7, 11) is 1.74. The van der Waals surface area contributed by atoms with Crippen LogP contribution in [-0.4, -0.2) is 19.3 Å². The van der Waals surface area contributed by atoms with Crippen molar-refractivity contribution in [1.82, 2.24) is 0 Å². The molecule has 0 radical (unpaired) electrons. The van der Waals surface area contributed by atoms with Gasteiger partial charge in [-0.1, -0.05) is 26.0 Å². The van der Waals surface area contributed by atoms with Gasteiger partial charge in [0, 0.05) is 18.8 Å². The molecule has 0 saturated carbocycles. The van der Waals surface area contributed by atoms with Gasteiger partial charge in [-0.15, -0.1) is 0 Å². The van der Waals surface area contributed by atoms with E-state index in [1.807, 2.05) is 0 Å². The van der Waals surface area contributed by atoms with E-state index < -0.39 is 0 Å². The highest BCUT2D eigenvalue weighted by Gasteiger charge is 2.10. The van der Waals surface area contributed by atoms with Crippen LogP contribution in [0, 0.1) is 0 Å². The van der Waals surface area contributed by atoms with Gasteiger partial charge in [0.15, 0.2) is 0 Å². The Bertz CT molecular complexity index is 305. The fraction of sp³-hybridized carbons (Fsp3) is 0.571. The van der Waals surface area contributed by atoms with Crippen molar-refractivity contribution >= 4 is 5.69 Å². The quantitative estimate of drug-likeness (QED) is 0.819. The standard InChI is InChI=1S/C14H23NO/c1-10(2)13-6-8-14(9-7-13)15-11(3)12(4)16-5/h6-12,15H,1-5H3. The Morgan fingerprint density at radius 3 is 2.00 bits per heavy atom. The molecule has 1 N–H and O–H groups in total. The van der Waals surface area contributed by atoms with E-state index in [0.717, 1.165) is 5.69 Å². The van der Waals surface area contributed by atoms with Crippen LogP contribution < -0.4 is 5.32 Å². The lowest BCUT2D eigenvalue weighted by Crippen LogP contribution is -2.29. The Morgan fingerprint density at radius 2 is 1.56 bits per heavy atom. The molecule has 0 aliphatic rings. The van der Waals surface area contributed by atoms with Crippen LogP contribution in [0.3, 0.4) is 0 Å². The summed E-state index contributed by atoms with van der Waals surface area (Å²) in [6, 6.07) is 8.94. The molecule has 0 amide bonds. The molecule has 0 spiro atoms. The molecule has 0 fully saturated rings. The van der Waals surface area contributed by atoms with Gasteiger partial charge in [-0.25, -0.2) is 0 Å². The van der Waals surface area contributed by atoms with Crippen LogP contribution in [0.4, 0.5) is 5.69 Å². The second-order valence-corrected chi connectivity index (χ2v) is 4.65. The van der Waals surface area contributed by atoms with Gasteiger partial charge < -0.3 is 10.1 Å². The van der Waals surface area contributed by atoms with Gasteiger partial charge in [-0.3, -0.25) is 0 Å². The van der Waals surface area contributed by atoms with E-state index in [2.05, 4.69) is 57.3 Å². The van der Waals surface area contributed by atoms with Gasteiger partial charge in [0.1, 0.15) is 0 Å². The molecule has 16 heavy (non-hydrogen) atoms. The van der Waals surface area contributed by atoms with E-state index in [1.54, 1.807) is 7.11 Å². The minimum absolute atomic E-state index is 0.213. The summed E-state index contributed by atoms with van der Waals surface area (Å²) < 4.78 is 5.28. The van der Waals surface area contributed by atoms with Crippen molar-refractivity contribution in [2.75, 3.05) is 12.4 Å². The average molecular weight is 221 g/mol. The molecule has 2 atom stereocenters. The molecular formula is C14H23NO. The lowest BCUT2D eigenvalue weighted by Gasteiger charge is -2.21. The Hall–Kier alpha value is -1.02. The summed E-state index contributed by atoms with van der Waals surface area (Å²) in [5.74, 6) is 0.587. The van der Waals surface area contributed by atoms with Gasteiger partial charge in [-0.2, -0.15) is 0 Å². The summed E-state index contributed by atoms with van der Waals surface area (Å²) >= 11 is 0. The highest BCUT2D eigenvalue weighted by atomic mass is 16.5. The van der Waals surface area contributed by atoms with E-state index >= 15 is 0 Å². The van der Waals surface area contributed by atoms with Gasteiger partial charge in [0.25, 0.3) is 0 Å². The molecule has 1 aromatic rings. The van der Waals surface area contributed by atoms with E-state index in [9.17, 15) is 0 Å². The lowest BCUT2D eigenvalue weighted by atomic mass is 10.0. The van der Waals surface area contributed by atoms with Crippen molar-refractivity contribution in [1.29, 1.82) is 0 Å². The predicted molar refractivity (Wildman–Crippen MR) is 70.1 cm³/mol. The lowest BCUT2D eigenvalue weighted by molar-refractivity contribution is 0.106. The van der Waals surface area contributed by atoms with Crippen LogP contribution in [0.5, 0.6) is 0 Å². The SMILES string of the molecule is COC(C)C(C)Nc1ccc(C(C)C)cc1. The van der Waals surface area contributed by atoms with E-state index in [-0.39, 0.29) is 6.10 Å². The largest absolute Gasteiger partial charge is 0.380 e. The highest BCUT2D eigenvalue weighted by molar-refractivity contribution is 5.46. The van der Waals surface area contributed by atoms with Gasteiger partial charge in [0.05, 0.1) is 6.10 Å². The third kappa shape index (κ3) is 3.53. The van der Waals surface area contributed by atoms with Crippen molar-refractivity contribution in [3.8, 4) is 0 Å². The summed E-state index contributed by atoms with van der Waals surface area (Å²) in [6.45, 7) is 8.61. The predicted octanol–water partition coefficient (Wildman–Crippen LogP) is 3.65. The Kier molecular flexibility index (Phi) is 4.81. The Morgan fingerprint density at radius 1 is 1.00 bits per heavy atom. The zero-order valence-electron chi connectivity index (χ0n) is 10.9. The third-order valence-electron chi connectivity index (χ3n) is 3.05. The van der Waals surface area contributed by atoms with Crippen LogP contribution in [0.15, 0.2) is 24.3 Å². The highest BCUT2D eigenvalue weighted by Crippen LogP contribution is 2.18. The smallest absolute Gasteiger partial charge is 0.0741 e. The molecule has 0 aromatic heterocycles. The van der Waals surface area contributed by atoms with Crippen molar-refractivity contribution in [2.24, 2.45) is 0 Å². The molecule has 1 aromatic carbocycles. The van der Waals surface area contributed by atoms with Crippen molar-refractivity contribution in [2.45, 2.75) is 45.8 Å². The minimum atomic E-state index is 0.213. The van der Waals surface area contributed by atoms with Crippen molar-refractivity contribution in [3.63, 3.8) is 0 Å². The molecule has 0 heterocycles. The number of ether oxygens (including phenoxy) is 1. The first kappa shape index (κ1) is 13.0. The maximum atomic E-state index is 5.28. The molecule has 0 saturated heterocycles. The van der Waals surface area contributed by atoms with Crippen LogP contribution >= 0.6 is 0 Å². The van der Waals surface area contributed by atoms with Crippen LogP contribution in [-0.2, 0) is 4.74 Å². The molecule has 0 aliphatic heterocycles. The van der Waals surface area contributed by atoms with Gasteiger partial charge in [0.2, 0.25) is 0 Å². The molecule has 2 heteroatoms. The zero-order valence-corrected chi connectivity index (χ0v) is 10.9. The average Bonchev–Trinajstić information content (AvgIpc) is 2.28. The summed E-state index contributed by atoms with van der Waals surface area (Å²) in [4.78, 5) is 0. The van der Waals surface area contributed by atoms with Crippen LogP contribution in [0.2, 0.25) is 0 Å². The van der Waals surface area contributed by atoms with Crippen LogP contribution in [0.1, 0.15) is 39.2 Å². The fourth-order valence-electron chi connectivity index (χ4n) is 1.55. The molecule has 90 valence electrons. The number of hydrogen-bond acceptors (Lipinski definition) is 2. The van der Waals surface area contributed by atoms with Crippen molar-refractivity contribution < 1.29 is 4.74 Å². The van der Waals surface area contributed by atoms with Crippen LogP contribution in [0.25, 0.3) is 0 Å². The normalized spacial score (nSPS) is 14.9.